The Labute approximate surface area is 225 Å². The highest BCUT2D eigenvalue weighted by Crippen LogP contribution is 2.20. The molecule has 7 N–H and O–H groups in total. The summed E-state index contributed by atoms with van der Waals surface area (Å²) >= 11 is 0. The first-order valence-electron chi connectivity index (χ1n) is 12.2. The van der Waals surface area contributed by atoms with Gasteiger partial charge in [0.25, 0.3) is 0 Å². The summed E-state index contributed by atoms with van der Waals surface area (Å²) in [6.45, 7) is 0. The van der Waals surface area contributed by atoms with Gasteiger partial charge in [-0.25, -0.2) is 0 Å². The first kappa shape index (κ1) is 28.6. The van der Waals surface area contributed by atoms with Crippen LogP contribution in [0.4, 0.5) is 0 Å². The van der Waals surface area contributed by atoms with Crippen molar-refractivity contribution >= 4 is 23.6 Å². The molecule has 200 valence electrons. The van der Waals surface area contributed by atoms with E-state index in [0.717, 1.165) is 16.7 Å². The molecule has 3 atom stereocenters. The van der Waals surface area contributed by atoms with E-state index in [0.29, 0.717) is 11.1 Å². The Kier molecular flexibility index (Phi) is 9.89. The van der Waals surface area contributed by atoms with Gasteiger partial charge in [0.05, 0.1) is 18.1 Å². The number of hydrogen-bond donors (Lipinski definition) is 5. The van der Waals surface area contributed by atoms with Crippen LogP contribution < -0.4 is 22.1 Å². The number of nitriles is 1. The van der Waals surface area contributed by atoms with Crippen molar-refractivity contribution in [3.05, 3.63) is 95.6 Å². The summed E-state index contributed by atoms with van der Waals surface area (Å²) in [6.07, 6.45) is -2.39. The molecule has 3 aromatic rings. The van der Waals surface area contributed by atoms with Gasteiger partial charge in [0.1, 0.15) is 18.2 Å². The molecule has 0 aliphatic heterocycles. The number of amides is 4. The van der Waals surface area contributed by atoms with Crippen molar-refractivity contribution in [1.29, 1.82) is 5.26 Å². The monoisotopic (exact) mass is 527 g/mol. The third-order valence-electron chi connectivity index (χ3n) is 6.08. The van der Waals surface area contributed by atoms with Crippen LogP contribution >= 0.6 is 0 Å². The van der Waals surface area contributed by atoms with Crippen molar-refractivity contribution in [3.8, 4) is 17.2 Å². The van der Waals surface area contributed by atoms with Gasteiger partial charge in [-0.3, -0.25) is 19.2 Å². The minimum absolute atomic E-state index is 0.0920. The number of hydrogen-bond acceptors (Lipinski definition) is 6. The molecule has 10 heteroatoms. The van der Waals surface area contributed by atoms with Crippen LogP contribution in [-0.2, 0) is 32.0 Å². The Morgan fingerprint density at radius 2 is 1.38 bits per heavy atom. The van der Waals surface area contributed by atoms with Gasteiger partial charge in [-0.15, -0.1) is 0 Å². The normalized spacial score (nSPS) is 12.8. The summed E-state index contributed by atoms with van der Waals surface area (Å²) in [5, 5.41) is 24.1. The first-order valence-corrected chi connectivity index (χ1v) is 12.2. The van der Waals surface area contributed by atoms with Crippen LogP contribution in [0.15, 0.2) is 78.9 Å². The Morgan fingerprint density at radius 1 is 0.769 bits per heavy atom. The second kappa shape index (κ2) is 13.5. The molecule has 0 spiro atoms. The van der Waals surface area contributed by atoms with Crippen molar-refractivity contribution in [2.45, 2.75) is 37.5 Å². The van der Waals surface area contributed by atoms with Gasteiger partial charge in [-0.1, -0.05) is 72.8 Å². The minimum Gasteiger partial charge on any atom is -0.383 e. The van der Waals surface area contributed by atoms with Gasteiger partial charge >= 0.3 is 0 Å². The fourth-order valence-corrected chi connectivity index (χ4v) is 3.96. The summed E-state index contributed by atoms with van der Waals surface area (Å²) in [4.78, 5) is 49.1. The Bertz CT molecular complexity index is 1370. The number of primary amides is 2. The van der Waals surface area contributed by atoms with Crippen molar-refractivity contribution in [1.82, 2.24) is 10.6 Å². The molecule has 0 unspecified atom stereocenters. The van der Waals surface area contributed by atoms with Crippen molar-refractivity contribution < 1.29 is 24.3 Å². The van der Waals surface area contributed by atoms with Crippen molar-refractivity contribution in [2.75, 3.05) is 0 Å². The lowest BCUT2D eigenvalue weighted by molar-refractivity contribution is -0.134. The molecule has 0 radical (unpaired) electrons. The highest BCUT2D eigenvalue weighted by atomic mass is 16.3. The average molecular weight is 528 g/mol. The number of nitrogens with one attached hydrogen (secondary N) is 2. The van der Waals surface area contributed by atoms with Gasteiger partial charge in [0.2, 0.25) is 23.6 Å². The average Bonchev–Trinajstić information content (AvgIpc) is 2.93. The van der Waals surface area contributed by atoms with Gasteiger partial charge in [-0.2, -0.15) is 5.26 Å². The standard InChI is InChI=1S/C29H29N5O5/c30-17-22-9-5-4-8-21(22)15-24(33-26(36)16-25(35)28(32)38)29(39)34-23(27(31)37)14-18-10-12-20(13-11-18)19-6-2-1-3-7-19/h1-13,23-25,35H,14-16H2,(H2,31,37)(H2,32,38)(H,33,36)(H,34,39)/t23-,24+,25+/m0/s1. The van der Waals surface area contributed by atoms with Gasteiger partial charge in [0, 0.05) is 12.8 Å². The fourth-order valence-electron chi connectivity index (χ4n) is 3.96. The third kappa shape index (κ3) is 8.24. The molecule has 0 fully saturated rings. The van der Waals surface area contributed by atoms with E-state index >= 15 is 0 Å². The molecule has 0 aromatic heterocycles. The molecule has 3 aromatic carbocycles. The van der Waals surface area contributed by atoms with Crippen molar-refractivity contribution in [3.63, 3.8) is 0 Å². The number of nitrogens with zero attached hydrogens (tertiary/aromatic N) is 1. The number of benzene rings is 3. The van der Waals surface area contributed by atoms with Gasteiger partial charge in [-0.05, 0) is 28.3 Å². The van der Waals surface area contributed by atoms with Crippen LogP contribution in [0.5, 0.6) is 0 Å². The molecular formula is C29H29N5O5. The predicted molar refractivity (Wildman–Crippen MR) is 143 cm³/mol. The fraction of sp³-hybridized carbons (Fsp3) is 0.207. The van der Waals surface area contributed by atoms with E-state index in [2.05, 4.69) is 10.6 Å². The van der Waals surface area contributed by atoms with Crippen LogP contribution in [0.3, 0.4) is 0 Å². The van der Waals surface area contributed by atoms with E-state index in [1.54, 1.807) is 24.3 Å². The maximum atomic E-state index is 13.3. The van der Waals surface area contributed by atoms with Crippen LogP contribution in [0.25, 0.3) is 11.1 Å². The van der Waals surface area contributed by atoms with E-state index in [9.17, 15) is 29.5 Å². The summed E-state index contributed by atoms with van der Waals surface area (Å²) in [5.74, 6) is -3.41. The third-order valence-corrected chi connectivity index (χ3v) is 6.08. The maximum absolute atomic E-state index is 13.3. The van der Waals surface area contributed by atoms with Crippen LogP contribution in [0.1, 0.15) is 23.1 Å². The maximum Gasteiger partial charge on any atom is 0.246 e. The van der Waals surface area contributed by atoms with Crippen LogP contribution in [-0.4, -0.2) is 46.9 Å². The second-order valence-electron chi connectivity index (χ2n) is 8.95. The number of carbonyl (C=O) groups is 4. The lowest BCUT2D eigenvalue weighted by Crippen LogP contribution is -2.54. The quantitative estimate of drug-likeness (QED) is 0.230. The van der Waals surface area contributed by atoms with E-state index in [1.807, 2.05) is 60.7 Å². The van der Waals surface area contributed by atoms with E-state index in [4.69, 9.17) is 11.5 Å². The first-order chi connectivity index (χ1) is 18.7. The second-order valence-corrected chi connectivity index (χ2v) is 8.95. The molecule has 10 nitrogen and oxygen atoms in total. The zero-order chi connectivity index (χ0) is 28.4. The summed E-state index contributed by atoms with van der Waals surface area (Å²) in [7, 11) is 0. The summed E-state index contributed by atoms with van der Waals surface area (Å²) in [5.41, 5.74) is 14.1. The molecular weight excluding hydrogens is 498 g/mol. The Hall–Kier alpha value is -5.01. The van der Waals surface area contributed by atoms with Crippen LogP contribution in [0, 0.1) is 11.3 Å². The molecule has 0 saturated carbocycles. The van der Waals surface area contributed by atoms with E-state index < -0.39 is 48.2 Å². The van der Waals surface area contributed by atoms with Crippen molar-refractivity contribution in [2.24, 2.45) is 11.5 Å². The zero-order valence-corrected chi connectivity index (χ0v) is 21.0. The molecule has 0 heterocycles. The number of nitrogens with two attached hydrogens (primary N) is 2. The number of aliphatic hydroxyl groups is 1. The molecule has 4 amide bonds. The smallest absolute Gasteiger partial charge is 0.246 e. The lowest BCUT2D eigenvalue weighted by Gasteiger charge is -2.23. The summed E-state index contributed by atoms with van der Waals surface area (Å²) in [6, 6.07) is 23.4. The molecule has 0 saturated heterocycles. The topological polar surface area (TPSA) is 188 Å². The Morgan fingerprint density at radius 3 is 2.00 bits per heavy atom. The highest BCUT2D eigenvalue weighted by Gasteiger charge is 2.28. The van der Waals surface area contributed by atoms with E-state index in [-0.39, 0.29) is 12.8 Å². The molecule has 0 bridgehead atoms. The van der Waals surface area contributed by atoms with Gasteiger partial charge in [0.15, 0.2) is 0 Å². The number of aliphatic hydroxyl groups excluding tert-OH is 1. The molecule has 0 aliphatic carbocycles. The molecule has 3 rings (SSSR count). The highest BCUT2D eigenvalue weighted by molar-refractivity contribution is 5.93. The number of carbonyl (C=O) groups excluding carboxylic acids is 4. The Balaban J connectivity index is 1.77. The van der Waals surface area contributed by atoms with Crippen LogP contribution in [0.2, 0.25) is 0 Å². The zero-order valence-electron chi connectivity index (χ0n) is 21.0. The molecule has 39 heavy (non-hydrogen) atoms. The largest absolute Gasteiger partial charge is 0.383 e. The SMILES string of the molecule is N#Cc1ccccc1C[C@@H](NC(=O)C[C@@H](O)C(N)=O)C(=O)N[C@@H](Cc1ccc(-c2ccccc2)cc1)C(N)=O. The summed E-state index contributed by atoms with van der Waals surface area (Å²) < 4.78 is 0. The predicted octanol–water partition coefficient (Wildman–Crippen LogP) is 0.702. The molecule has 0 aliphatic rings. The lowest BCUT2D eigenvalue weighted by atomic mass is 9.98. The van der Waals surface area contributed by atoms with Gasteiger partial charge < -0.3 is 27.2 Å². The number of rotatable bonds is 12. The van der Waals surface area contributed by atoms with E-state index in [1.165, 1.54) is 0 Å². The minimum atomic E-state index is -1.74.